The Morgan fingerprint density at radius 3 is 2.27 bits per heavy atom. The summed E-state index contributed by atoms with van der Waals surface area (Å²) in [6, 6.07) is 11.3. The number of ether oxygens (including phenoxy) is 1. The standard InChI is InChI=1S/C20H13F5O5/c21-19(22,20(23,24)25)10-29-17(27)12-7-5-11(6-8-12)9-14-16(26)13-3-1-2-4-15(13)30-18(14)28/h1-8,26H,9-10H2. The molecule has 0 atom stereocenters. The third-order valence-corrected chi connectivity index (χ3v) is 4.25. The Bertz CT molecular complexity index is 1130. The summed E-state index contributed by atoms with van der Waals surface area (Å²) in [4.78, 5) is 23.8. The molecule has 3 rings (SSSR count). The van der Waals surface area contributed by atoms with Crippen molar-refractivity contribution in [2.75, 3.05) is 6.61 Å². The van der Waals surface area contributed by atoms with Crippen molar-refractivity contribution in [3.8, 4) is 5.75 Å². The van der Waals surface area contributed by atoms with Gasteiger partial charge in [-0.25, -0.2) is 9.59 Å². The number of esters is 1. The van der Waals surface area contributed by atoms with Gasteiger partial charge in [0.1, 0.15) is 11.3 Å². The van der Waals surface area contributed by atoms with E-state index in [-0.39, 0.29) is 28.9 Å². The van der Waals surface area contributed by atoms with E-state index in [4.69, 9.17) is 4.42 Å². The van der Waals surface area contributed by atoms with Gasteiger partial charge in [-0.3, -0.25) is 0 Å². The number of para-hydroxylation sites is 1. The molecule has 0 aliphatic heterocycles. The van der Waals surface area contributed by atoms with E-state index >= 15 is 0 Å². The third-order valence-electron chi connectivity index (χ3n) is 4.25. The maximum Gasteiger partial charge on any atom is 0.456 e. The first kappa shape index (κ1) is 21.3. The highest BCUT2D eigenvalue weighted by Crippen LogP contribution is 2.35. The Kier molecular flexibility index (Phi) is 5.51. The van der Waals surface area contributed by atoms with Crippen molar-refractivity contribution in [2.45, 2.75) is 18.5 Å². The molecule has 1 N–H and O–H groups in total. The van der Waals surface area contributed by atoms with Crippen LogP contribution in [0.2, 0.25) is 0 Å². The molecule has 2 aromatic carbocycles. The summed E-state index contributed by atoms with van der Waals surface area (Å²) >= 11 is 0. The zero-order valence-electron chi connectivity index (χ0n) is 15.0. The highest BCUT2D eigenvalue weighted by atomic mass is 19.4. The van der Waals surface area contributed by atoms with Crippen LogP contribution >= 0.6 is 0 Å². The second kappa shape index (κ2) is 7.77. The smallest absolute Gasteiger partial charge is 0.456 e. The lowest BCUT2D eigenvalue weighted by Gasteiger charge is -2.19. The summed E-state index contributed by atoms with van der Waals surface area (Å²) in [6.45, 7) is -2.14. The van der Waals surface area contributed by atoms with Crippen molar-refractivity contribution < 1.29 is 41.0 Å². The number of benzene rings is 2. The molecule has 158 valence electrons. The first-order chi connectivity index (χ1) is 14.0. The predicted molar refractivity (Wildman–Crippen MR) is 94.7 cm³/mol. The van der Waals surface area contributed by atoms with E-state index < -0.39 is 30.3 Å². The fraction of sp³-hybridized carbons (Fsp3) is 0.200. The minimum Gasteiger partial charge on any atom is -0.507 e. The molecular formula is C20H13F5O5. The van der Waals surface area contributed by atoms with Crippen molar-refractivity contribution in [3.63, 3.8) is 0 Å². The van der Waals surface area contributed by atoms with Gasteiger partial charge in [-0.15, -0.1) is 0 Å². The first-order valence-electron chi connectivity index (χ1n) is 8.44. The first-order valence-corrected chi connectivity index (χ1v) is 8.44. The number of hydrogen-bond acceptors (Lipinski definition) is 5. The average Bonchev–Trinajstić information content (AvgIpc) is 2.69. The quantitative estimate of drug-likeness (QED) is 0.369. The zero-order valence-corrected chi connectivity index (χ0v) is 15.0. The lowest BCUT2D eigenvalue weighted by molar-refractivity contribution is -0.292. The summed E-state index contributed by atoms with van der Waals surface area (Å²) in [5.74, 6) is -6.79. The number of hydrogen-bond donors (Lipinski definition) is 1. The second-order valence-corrected chi connectivity index (χ2v) is 6.36. The van der Waals surface area contributed by atoms with Crippen LogP contribution in [0, 0.1) is 0 Å². The molecule has 0 saturated heterocycles. The molecule has 0 aliphatic rings. The van der Waals surface area contributed by atoms with E-state index in [0.717, 1.165) is 12.1 Å². The van der Waals surface area contributed by atoms with Crippen molar-refractivity contribution in [3.05, 3.63) is 75.6 Å². The van der Waals surface area contributed by atoms with Gasteiger partial charge in [0.2, 0.25) is 0 Å². The molecule has 3 aromatic rings. The molecule has 5 nitrogen and oxygen atoms in total. The Hall–Kier alpha value is -3.43. The topological polar surface area (TPSA) is 76.7 Å². The van der Waals surface area contributed by atoms with Crippen molar-refractivity contribution in [2.24, 2.45) is 0 Å². The lowest BCUT2D eigenvalue weighted by Crippen LogP contribution is -2.41. The van der Waals surface area contributed by atoms with Crippen molar-refractivity contribution in [1.29, 1.82) is 0 Å². The minimum absolute atomic E-state index is 0.0335. The van der Waals surface area contributed by atoms with E-state index in [1.165, 1.54) is 18.2 Å². The van der Waals surface area contributed by atoms with Crippen LogP contribution < -0.4 is 5.63 Å². The maximum absolute atomic E-state index is 12.8. The molecule has 0 fully saturated rings. The van der Waals surface area contributed by atoms with Gasteiger partial charge < -0.3 is 14.3 Å². The lowest BCUT2D eigenvalue weighted by atomic mass is 10.0. The van der Waals surface area contributed by atoms with E-state index in [9.17, 15) is 36.6 Å². The van der Waals surface area contributed by atoms with Gasteiger partial charge in [-0.2, -0.15) is 22.0 Å². The fourth-order valence-corrected chi connectivity index (χ4v) is 2.61. The van der Waals surface area contributed by atoms with Crippen molar-refractivity contribution >= 4 is 16.9 Å². The molecule has 0 unspecified atom stereocenters. The second-order valence-electron chi connectivity index (χ2n) is 6.36. The molecule has 0 spiro atoms. The fourth-order valence-electron chi connectivity index (χ4n) is 2.61. The molecule has 1 heterocycles. The van der Waals surface area contributed by atoms with Crippen LogP contribution in [-0.2, 0) is 11.2 Å². The van der Waals surface area contributed by atoms with Crippen LogP contribution in [-0.4, -0.2) is 29.8 Å². The van der Waals surface area contributed by atoms with Crippen LogP contribution in [0.25, 0.3) is 11.0 Å². The molecule has 10 heteroatoms. The molecule has 30 heavy (non-hydrogen) atoms. The molecule has 0 radical (unpaired) electrons. The largest absolute Gasteiger partial charge is 0.507 e. The molecule has 0 saturated carbocycles. The number of carbonyl (C=O) groups excluding carboxylic acids is 1. The van der Waals surface area contributed by atoms with Gasteiger partial charge in [0.05, 0.1) is 16.5 Å². The number of aromatic hydroxyl groups is 1. The summed E-state index contributed by atoms with van der Waals surface area (Å²) in [7, 11) is 0. The van der Waals surface area contributed by atoms with Gasteiger partial charge >= 0.3 is 23.7 Å². The Balaban J connectivity index is 1.75. The Morgan fingerprint density at radius 2 is 1.63 bits per heavy atom. The minimum atomic E-state index is -5.83. The monoisotopic (exact) mass is 428 g/mol. The summed E-state index contributed by atoms with van der Waals surface area (Å²) < 4.78 is 71.2. The number of alkyl halides is 5. The van der Waals surface area contributed by atoms with Crippen LogP contribution in [0.15, 0.2) is 57.7 Å². The molecular weight excluding hydrogens is 415 g/mol. The Labute approximate surface area is 165 Å². The number of fused-ring (bicyclic) bond motifs is 1. The zero-order chi connectivity index (χ0) is 22.1. The van der Waals surface area contributed by atoms with E-state index in [1.54, 1.807) is 18.2 Å². The number of halogens is 5. The van der Waals surface area contributed by atoms with E-state index in [1.807, 2.05) is 0 Å². The summed E-state index contributed by atoms with van der Waals surface area (Å²) in [5, 5.41) is 10.7. The normalized spacial score (nSPS) is 12.2. The van der Waals surface area contributed by atoms with Gasteiger partial charge in [0.15, 0.2) is 6.61 Å². The Morgan fingerprint density at radius 1 is 1.00 bits per heavy atom. The molecule has 1 aromatic heterocycles. The molecule has 0 amide bonds. The van der Waals surface area contributed by atoms with E-state index in [2.05, 4.69) is 4.74 Å². The van der Waals surface area contributed by atoms with Gasteiger partial charge in [-0.05, 0) is 29.8 Å². The van der Waals surface area contributed by atoms with Gasteiger partial charge in [0, 0.05) is 6.42 Å². The van der Waals surface area contributed by atoms with Gasteiger partial charge in [-0.1, -0.05) is 24.3 Å². The molecule has 0 bridgehead atoms. The van der Waals surface area contributed by atoms with Crippen LogP contribution in [0.3, 0.4) is 0 Å². The van der Waals surface area contributed by atoms with Crippen LogP contribution in [0.1, 0.15) is 21.5 Å². The third kappa shape index (κ3) is 4.27. The SMILES string of the molecule is O=C(OCC(F)(F)C(F)(F)F)c1ccc(Cc2c(O)c3ccccc3oc2=O)cc1. The number of carbonyl (C=O) groups is 1. The van der Waals surface area contributed by atoms with Gasteiger partial charge in [0.25, 0.3) is 0 Å². The highest BCUT2D eigenvalue weighted by Gasteiger charge is 2.58. The number of rotatable bonds is 5. The average molecular weight is 428 g/mol. The van der Waals surface area contributed by atoms with Crippen LogP contribution in [0.5, 0.6) is 5.75 Å². The van der Waals surface area contributed by atoms with E-state index in [0.29, 0.717) is 10.9 Å². The maximum atomic E-state index is 12.8. The van der Waals surface area contributed by atoms with Crippen LogP contribution in [0.4, 0.5) is 22.0 Å². The predicted octanol–water partition coefficient (Wildman–Crippen LogP) is 4.44. The molecule has 0 aliphatic carbocycles. The van der Waals surface area contributed by atoms with Crippen molar-refractivity contribution in [1.82, 2.24) is 0 Å². The summed E-state index contributed by atoms with van der Waals surface area (Å²) in [6.07, 6.45) is -5.90. The highest BCUT2D eigenvalue weighted by molar-refractivity contribution is 5.89. The summed E-state index contributed by atoms with van der Waals surface area (Å²) in [5.41, 5.74) is -0.396.